The molecule has 1 saturated heterocycles. The number of nitro benzene ring substituents is 1. The molecule has 0 unspecified atom stereocenters. The number of amides is 2. The number of hydrogen-bond acceptors (Lipinski definition) is 5. The van der Waals surface area contributed by atoms with Gasteiger partial charge in [0.05, 0.1) is 9.83 Å². The van der Waals surface area contributed by atoms with Gasteiger partial charge < -0.3 is 4.57 Å². The molecule has 8 heteroatoms. The Kier molecular flexibility index (Phi) is 4.25. The van der Waals surface area contributed by atoms with Crippen LogP contribution in [-0.2, 0) is 11.3 Å². The monoisotopic (exact) mass is 379 g/mol. The lowest BCUT2D eigenvalue weighted by Gasteiger charge is -2.06. The molecule has 7 nitrogen and oxygen atoms in total. The molecule has 2 amide bonds. The summed E-state index contributed by atoms with van der Waals surface area (Å²) in [5.41, 5.74) is 2.82. The van der Waals surface area contributed by atoms with E-state index in [9.17, 15) is 19.7 Å². The van der Waals surface area contributed by atoms with E-state index in [1.54, 1.807) is 18.2 Å². The predicted molar refractivity (Wildman–Crippen MR) is 103 cm³/mol. The van der Waals surface area contributed by atoms with Gasteiger partial charge in [0.15, 0.2) is 0 Å². The Labute approximate surface area is 157 Å². The number of aromatic nitrogens is 1. The number of benzene rings is 2. The van der Waals surface area contributed by atoms with Crippen molar-refractivity contribution in [3.05, 3.63) is 80.9 Å². The smallest absolute Gasteiger partial charge is 0.290 e. The lowest BCUT2D eigenvalue weighted by atomic mass is 10.1. The lowest BCUT2D eigenvalue weighted by Crippen LogP contribution is -2.17. The van der Waals surface area contributed by atoms with Crippen molar-refractivity contribution in [1.82, 2.24) is 9.88 Å². The van der Waals surface area contributed by atoms with E-state index in [0.717, 1.165) is 33.8 Å². The van der Waals surface area contributed by atoms with Crippen LogP contribution in [0.3, 0.4) is 0 Å². The molecular weight excluding hydrogens is 366 g/mol. The van der Waals surface area contributed by atoms with Gasteiger partial charge in [-0.1, -0.05) is 24.3 Å². The number of imide groups is 1. The maximum absolute atomic E-state index is 11.8. The highest BCUT2D eigenvalue weighted by Gasteiger charge is 2.25. The first kappa shape index (κ1) is 17.0. The van der Waals surface area contributed by atoms with E-state index in [-0.39, 0.29) is 16.8 Å². The molecule has 1 aliphatic heterocycles. The minimum Gasteiger partial charge on any atom is -0.343 e. The first-order chi connectivity index (χ1) is 13.0. The van der Waals surface area contributed by atoms with Gasteiger partial charge in [-0.25, -0.2) is 0 Å². The summed E-state index contributed by atoms with van der Waals surface area (Å²) in [5, 5.41) is 13.6. The normalized spacial score (nSPS) is 15.5. The molecule has 1 aliphatic rings. The number of carbonyl (C=O) groups excluding carboxylic acids is 2. The van der Waals surface area contributed by atoms with Crippen molar-refractivity contribution in [2.45, 2.75) is 6.54 Å². The summed E-state index contributed by atoms with van der Waals surface area (Å²) in [6.45, 7) is 0.565. The zero-order valence-corrected chi connectivity index (χ0v) is 14.7. The third-order valence-electron chi connectivity index (χ3n) is 4.28. The van der Waals surface area contributed by atoms with Crippen molar-refractivity contribution in [3.8, 4) is 0 Å². The van der Waals surface area contributed by atoms with Crippen molar-refractivity contribution < 1.29 is 14.5 Å². The van der Waals surface area contributed by atoms with Crippen LogP contribution in [0.2, 0.25) is 0 Å². The SMILES string of the molecule is O=C1NC(=O)C(=Cc2cccc3c2ccn3Cc2ccc([N+](=O)[O-])cc2)S1. The second kappa shape index (κ2) is 6.73. The molecule has 1 fully saturated rings. The third-order valence-corrected chi connectivity index (χ3v) is 5.09. The van der Waals surface area contributed by atoms with Crippen LogP contribution in [-0.4, -0.2) is 20.6 Å². The fourth-order valence-electron chi connectivity index (χ4n) is 2.99. The van der Waals surface area contributed by atoms with Gasteiger partial charge in [0.2, 0.25) is 0 Å². The molecule has 27 heavy (non-hydrogen) atoms. The highest BCUT2D eigenvalue weighted by molar-refractivity contribution is 8.18. The molecule has 2 heterocycles. The minimum atomic E-state index is -0.420. The average Bonchev–Trinajstić information content (AvgIpc) is 3.19. The topological polar surface area (TPSA) is 94.2 Å². The fraction of sp³-hybridized carbons (Fsp3) is 0.0526. The maximum atomic E-state index is 11.8. The van der Waals surface area contributed by atoms with Crippen molar-refractivity contribution in [2.24, 2.45) is 0 Å². The largest absolute Gasteiger partial charge is 0.343 e. The van der Waals surface area contributed by atoms with E-state index < -0.39 is 4.92 Å². The summed E-state index contributed by atoms with van der Waals surface area (Å²) >= 11 is 0.890. The number of thioether (sulfide) groups is 1. The molecule has 3 aromatic rings. The van der Waals surface area contributed by atoms with Crippen molar-refractivity contribution >= 4 is 45.6 Å². The van der Waals surface area contributed by atoms with Crippen LogP contribution in [0.4, 0.5) is 10.5 Å². The number of carbonyl (C=O) groups is 2. The summed E-state index contributed by atoms with van der Waals surface area (Å²) < 4.78 is 2.03. The van der Waals surface area contributed by atoms with Crippen molar-refractivity contribution in [1.29, 1.82) is 0 Å². The molecule has 0 radical (unpaired) electrons. The Hall–Kier alpha value is -3.39. The van der Waals surface area contributed by atoms with Crippen molar-refractivity contribution in [3.63, 3.8) is 0 Å². The van der Waals surface area contributed by atoms with Crippen LogP contribution >= 0.6 is 11.8 Å². The van der Waals surface area contributed by atoms with Crippen LogP contribution in [0, 0.1) is 10.1 Å². The number of non-ortho nitro benzene ring substituents is 1. The summed E-state index contributed by atoms with van der Waals surface area (Å²) in [6, 6.07) is 14.2. The summed E-state index contributed by atoms with van der Waals surface area (Å²) in [4.78, 5) is 33.8. The van der Waals surface area contributed by atoms with E-state index in [1.807, 2.05) is 35.0 Å². The summed E-state index contributed by atoms with van der Waals surface area (Å²) in [5.74, 6) is -0.382. The summed E-state index contributed by atoms with van der Waals surface area (Å²) in [6.07, 6.45) is 3.64. The zero-order valence-electron chi connectivity index (χ0n) is 13.9. The molecule has 1 N–H and O–H groups in total. The standard InChI is InChI=1S/C19H13N3O4S/c23-18-17(27-19(24)20-18)10-13-2-1-3-16-15(13)8-9-21(16)11-12-4-6-14(7-5-12)22(25)26/h1-10H,11H2,(H,20,23,24). The highest BCUT2D eigenvalue weighted by Crippen LogP contribution is 2.29. The molecule has 1 aromatic heterocycles. The second-order valence-electron chi connectivity index (χ2n) is 6.00. The van der Waals surface area contributed by atoms with Crippen LogP contribution in [0.1, 0.15) is 11.1 Å². The molecule has 0 bridgehead atoms. The maximum Gasteiger partial charge on any atom is 0.290 e. The van der Waals surface area contributed by atoms with E-state index in [2.05, 4.69) is 5.32 Å². The van der Waals surface area contributed by atoms with Gasteiger partial charge in [0.1, 0.15) is 0 Å². The molecule has 0 atom stereocenters. The van der Waals surface area contributed by atoms with Gasteiger partial charge in [-0.3, -0.25) is 25.0 Å². The van der Waals surface area contributed by atoms with Gasteiger partial charge in [0, 0.05) is 35.8 Å². The fourth-order valence-corrected chi connectivity index (χ4v) is 3.67. The zero-order chi connectivity index (χ0) is 19.0. The molecule has 0 spiro atoms. The van der Waals surface area contributed by atoms with Gasteiger partial charge in [-0.05, 0) is 41.1 Å². The quantitative estimate of drug-likeness (QED) is 0.421. The van der Waals surface area contributed by atoms with E-state index >= 15 is 0 Å². The van der Waals surface area contributed by atoms with Crippen LogP contribution < -0.4 is 5.32 Å². The molecular formula is C19H13N3O4S. The lowest BCUT2D eigenvalue weighted by molar-refractivity contribution is -0.384. The molecule has 0 aliphatic carbocycles. The van der Waals surface area contributed by atoms with Crippen LogP contribution in [0.15, 0.2) is 59.6 Å². The third kappa shape index (κ3) is 3.34. The molecule has 0 saturated carbocycles. The highest BCUT2D eigenvalue weighted by atomic mass is 32.2. The summed E-state index contributed by atoms with van der Waals surface area (Å²) in [7, 11) is 0. The van der Waals surface area contributed by atoms with Gasteiger partial charge in [-0.2, -0.15) is 0 Å². The first-order valence-corrected chi connectivity index (χ1v) is 8.89. The van der Waals surface area contributed by atoms with Crippen LogP contribution in [0.25, 0.3) is 17.0 Å². The van der Waals surface area contributed by atoms with E-state index in [4.69, 9.17) is 0 Å². The Morgan fingerprint density at radius 2 is 1.89 bits per heavy atom. The van der Waals surface area contributed by atoms with Gasteiger partial charge in [0.25, 0.3) is 16.8 Å². The first-order valence-electron chi connectivity index (χ1n) is 8.07. The Morgan fingerprint density at radius 3 is 2.56 bits per heavy atom. The number of nitrogens with zero attached hydrogens (tertiary/aromatic N) is 2. The number of rotatable bonds is 4. The van der Waals surface area contributed by atoms with Crippen molar-refractivity contribution in [2.75, 3.05) is 0 Å². The number of nitro groups is 1. The average molecular weight is 379 g/mol. The van der Waals surface area contributed by atoms with Gasteiger partial charge >= 0.3 is 0 Å². The second-order valence-corrected chi connectivity index (χ2v) is 7.01. The number of nitrogens with one attached hydrogen (secondary N) is 1. The van der Waals surface area contributed by atoms with Gasteiger partial charge in [-0.15, -0.1) is 0 Å². The minimum absolute atomic E-state index is 0.0620. The molecule has 4 rings (SSSR count). The molecule has 134 valence electrons. The Morgan fingerprint density at radius 1 is 1.11 bits per heavy atom. The predicted octanol–water partition coefficient (Wildman–Crippen LogP) is 3.92. The number of hydrogen-bond donors (Lipinski definition) is 1. The van der Waals surface area contributed by atoms with E-state index in [0.29, 0.717) is 11.4 Å². The number of fused-ring (bicyclic) bond motifs is 1. The Bertz CT molecular complexity index is 1120. The molecule has 2 aromatic carbocycles. The van der Waals surface area contributed by atoms with E-state index in [1.165, 1.54) is 12.1 Å². The Balaban J connectivity index is 1.66. The van der Waals surface area contributed by atoms with Crippen LogP contribution in [0.5, 0.6) is 0 Å².